The van der Waals surface area contributed by atoms with Gasteiger partial charge in [-0.25, -0.2) is 9.97 Å². The lowest BCUT2D eigenvalue weighted by atomic mass is 10.0. The predicted molar refractivity (Wildman–Crippen MR) is 102 cm³/mol. The number of nitrogens with one attached hydrogen (secondary N) is 1. The smallest absolute Gasteiger partial charge is 0.223 e. The number of nitrogens with zero attached hydrogens (tertiary/aromatic N) is 2. The molecule has 25 heavy (non-hydrogen) atoms. The summed E-state index contributed by atoms with van der Waals surface area (Å²) in [5.74, 6) is 0.760. The molecule has 2 heterocycles. The minimum Gasteiger partial charge on any atom is -0.494 e. The van der Waals surface area contributed by atoms with Crippen molar-refractivity contribution in [3.63, 3.8) is 0 Å². The molecule has 0 saturated heterocycles. The average molecular weight is 355 g/mol. The van der Waals surface area contributed by atoms with Gasteiger partial charge >= 0.3 is 0 Å². The van der Waals surface area contributed by atoms with Gasteiger partial charge in [-0.1, -0.05) is 24.7 Å². The fourth-order valence-corrected chi connectivity index (χ4v) is 3.40. The molecule has 6 heteroatoms. The van der Waals surface area contributed by atoms with Crippen LogP contribution in [-0.2, 0) is 4.79 Å². The van der Waals surface area contributed by atoms with Gasteiger partial charge in [-0.05, 0) is 49.2 Å². The number of aromatic nitrogens is 2. The van der Waals surface area contributed by atoms with E-state index in [9.17, 15) is 4.79 Å². The Bertz CT molecular complexity index is 905. The lowest BCUT2D eigenvalue weighted by Gasteiger charge is -2.09. The van der Waals surface area contributed by atoms with Crippen molar-refractivity contribution in [2.24, 2.45) is 0 Å². The highest BCUT2D eigenvalue weighted by Crippen LogP contribution is 2.30. The van der Waals surface area contributed by atoms with Gasteiger partial charge in [0.1, 0.15) is 16.1 Å². The number of carbonyl (C=O) groups is 1. The van der Waals surface area contributed by atoms with Gasteiger partial charge < -0.3 is 10.1 Å². The van der Waals surface area contributed by atoms with E-state index in [1.54, 1.807) is 0 Å². The summed E-state index contributed by atoms with van der Waals surface area (Å²) in [4.78, 5) is 21.1. The fourth-order valence-electron chi connectivity index (χ4n) is 2.52. The van der Waals surface area contributed by atoms with E-state index in [0.717, 1.165) is 52.4 Å². The van der Waals surface area contributed by atoms with E-state index in [1.165, 1.54) is 18.3 Å². The zero-order valence-electron chi connectivity index (χ0n) is 14.6. The van der Waals surface area contributed by atoms with E-state index < -0.39 is 0 Å². The third kappa shape index (κ3) is 4.14. The van der Waals surface area contributed by atoms with Crippen LogP contribution in [0.1, 0.15) is 32.3 Å². The summed E-state index contributed by atoms with van der Waals surface area (Å²) in [7, 11) is 0. The van der Waals surface area contributed by atoms with Crippen molar-refractivity contribution in [1.29, 1.82) is 0 Å². The Hall–Kier alpha value is -2.47. The van der Waals surface area contributed by atoms with Crippen LogP contribution in [0.25, 0.3) is 21.6 Å². The molecular formula is C19H21N3O2S. The zero-order chi connectivity index (χ0) is 17.8. The van der Waals surface area contributed by atoms with Crippen LogP contribution in [0, 0.1) is 6.92 Å². The molecule has 1 aromatic carbocycles. The Morgan fingerprint density at radius 1 is 1.24 bits per heavy atom. The second-order valence-corrected chi connectivity index (χ2v) is 6.88. The van der Waals surface area contributed by atoms with Crippen LogP contribution in [-0.4, -0.2) is 22.5 Å². The number of benzene rings is 1. The summed E-state index contributed by atoms with van der Waals surface area (Å²) in [5.41, 5.74) is 3.87. The normalized spacial score (nSPS) is 10.8. The Morgan fingerprint density at radius 2 is 2.08 bits per heavy atom. The molecule has 0 aliphatic rings. The van der Waals surface area contributed by atoms with Crippen LogP contribution in [0.3, 0.4) is 0 Å². The molecule has 0 atom stereocenters. The van der Waals surface area contributed by atoms with Gasteiger partial charge in [-0.3, -0.25) is 4.79 Å². The topological polar surface area (TPSA) is 64.1 Å². The number of aryl methyl sites for hydroxylation is 1. The number of anilines is 1. The van der Waals surface area contributed by atoms with Crippen molar-refractivity contribution in [3.05, 3.63) is 35.9 Å². The molecule has 130 valence electrons. The molecule has 0 saturated carbocycles. The Labute approximate surface area is 151 Å². The summed E-state index contributed by atoms with van der Waals surface area (Å²) in [6, 6.07) is 9.97. The van der Waals surface area contributed by atoms with Crippen LogP contribution in [0.2, 0.25) is 0 Å². The summed E-state index contributed by atoms with van der Waals surface area (Å²) in [5, 5.41) is 3.28. The van der Waals surface area contributed by atoms with E-state index in [0.29, 0.717) is 5.13 Å². The molecule has 1 N–H and O–H groups in total. The van der Waals surface area contributed by atoms with Crippen LogP contribution in [0.4, 0.5) is 5.13 Å². The number of amides is 1. The first kappa shape index (κ1) is 17.4. The predicted octanol–water partition coefficient (Wildman–Crippen LogP) is 4.80. The molecule has 3 rings (SSSR count). The first-order valence-electron chi connectivity index (χ1n) is 8.36. The number of pyridine rings is 1. The zero-order valence-corrected chi connectivity index (χ0v) is 15.4. The first-order valence-corrected chi connectivity index (χ1v) is 9.17. The largest absolute Gasteiger partial charge is 0.494 e. The maximum Gasteiger partial charge on any atom is 0.223 e. The maximum absolute atomic E-state index is 11.2. The Kier molecular flexibility index (Phi) is 5.28. The monoisotopic (exact) mass is 355 g/mol. The van der Waals surface area contributed by atoms with Crippen molar-refractivity contribution in [3.8, 4) is 17.0 Å². The molecule has 1 amide bonds. The fraction of sp³-hybridized carbons (Fsp3) is 0.316. The molecule has 0 aliphatic carbocycles. The molecule has 0 bridgehead atoms. The molecular weight excluding hydrogens is 334 g/mol. The summed E-state index contributed by atoms with van der Waals surface area (Å²) in [6.45, 7) is 6.42. The number of rotatable bonds is 6. The molecule has 0 unspecified atom stereocenters. The maximum atomic E-state index is 11.2. The molecule has 2 aromatic heterocycles. The van der Waals surface area contributed by atoms with Crippen molar-refractivity contribution in [1.82, 2.24) is 9.97 Å². The van der Waals surface area contributed by atoms with E-state index in [1.807, 2.05) is 30.3 Å². The van der Waals surface area contributed by atoms with Crippen molar-refractivity contribution < 1.29 is 9.53 Å². The van der Waals surface area contributed by atoms with E-state index in [-0.39, 0.29) is 5.91 Å². The number of ether oxygens (including phenoxy) is 1. The number of hydrogen-bond donors (Lipinski definition) is 1. The highest BCUT2D eigenvalue weighted by molar-refractivity contribution is 7.21. The second kappa shape index (κ2) is 7.61. The molecule has 0 spiro atoms. The van der Waals surface area contributed by atoms with Gasteiger partial charge in [0.2, 0.25) is 5.91 Å². The summed E-state index contributed by atoms with van der Waals surface area (Å²) < 4.78 is 5.76. The van der Waals surface area contributed by atoms with Gasteiger partial charge in [0.15, 0.2) is 5.13 Å². The van der Waals surface area contributed by atoms with Crippen LogP contribution < -0.4 is 10.1 Å². The molecule has 5 nitrogen and oxygen atoms in total. The molecule has 0 fully saturated rings. The second-order valence-electron chi connectivity index (χ2n) is 5.90. The highest BCUT2D eigenvalue weighted by Gasteiger charge is 2.10. The quantitative estimate of drug-likeness (QED) is 0.645. The molecule has 0 aliphatic heterocycles. The number of unbranched alkanes of at least 4 members (excludes halogenated alkanes) is 1. The molecule has 3 aromatic rings. The number of fused-ring (bicyclic) bond motifs is 1. The van der Waals surface area contributed by atoms with Gasteiger partial charge in [-0.15, -0.1) is 0 Å². The SMILES string of the molecule is CCCCOc1ccc(-c2ccc3nc(NC(C)=O)sc3n2)c(C)c1. The third-order valence-electron chi connectivity index (χ3n) is 3.78. The lowest BCUT2D eigenvalue weighted by molar-refractivity contribution is -0.114. The highest BCUT2D eigenvalue weighted by atomic mass is 32.1. The van der Waals surface area contributed by atoms with E-state index in [2.05, 4.69) is 24.1 Å². The number of hydrogen-bond acceptors (Lipinski definition) is 5. The standard InChI is InChI=1S/C19H21N3O2S/c1-4-5-10-24-14-6-7-15(12(2)11-14)16-8-9-17-18(21-16)25-19(22-17)20-13(3)23/h6-9,11H,4-5,10H2,1-3H3,(H,20,22,23). The minimum atomic E-state index is -0.131. The number of carbonyl (C=O) groups excluding carboxylic acids is 1. The van der Waals surface area contributed by atoms with Crippen molar-refractivity contribution >= 4 is 32.7 Å². The van der Waals surface area contributed by atoms with Crippen molar-refractivity contribution in [2.75, 3.05) is 11.9 Å². The molecule has 0 radical (unpaired) electrons. The number of thiazole rings is 1. The van der Waals surface area contributed by atoms with Gasteiger partial charge in [0, 0.05) is 12.5 Å². The average Bonchev–Trinajstić information content (AvgIpc) is 2.95. The summed E-state index contributed by atoms with van der Waals surface area (Å²) in [6.07, 6.45) is 2.18. The van der Waals surface area contributed by atoms with Gasteiger partial charge in [0.25, 0.3) is 0 Å². The first-order chi connectivity index (χ1) is 12.1. The Balaban J connectivity index is 1.86. The van der Waals surface area contributed by atoms with Crippen LogP contribution in [0.15, 0.2) is 30.3 Å². The van der Waals surface area contributed by atoms with Gasteiger partial charge in [-0.2, -0.15) is 0 Å². The van der Waals surface area contributed by atoms with Crippen LogP contribution >= 0.6 is 11.3 Å². The minimum absolute atomic E-state index is 0.131. The van der Waals surface area contributed by atoms with Gasteiger partial charge in [0.05, 0.1) is 12.3 Å². The van der Waals surface area contributed by atoms with E-state index >= 15 is 0 Å². The third-order valence-corrected chi connectivity index (χ3v) is 4.66. The van der Waals surface area contributed by atoms with Crippen molar-refractivity contribution in [2.45, 2.75) is 33.6 Å². The van der Waals surface area contributed by atoms with E-state index in [4.69, 9.17) is 9.72 Å². The Morgan fingerprint density at radius 3 is 2.80 bits per heavy atom. The lowest BCUT2D eigenvalue weighted by Crippen LogP contribution is -2.04. The summed E-state index contributed by atoms with van der Waals surface area (Å²) >= 11 is 1.38. The van der Waals surface area contributed by atoms with Crippen LogP contribution in [0.5, 0.6) is 5.75 Å².